The minimum Gasteiger partial charge on any atom is -0.354 e. The number of rotatable bonds is 4. The van der Waals surface area contributed by atoms with E-state index >= 15 is 0 Å². The highest BCUT2D eigenvalue weighted by Gasteiger charge is 2.32. The summed E-state index contributed by atoms with van der Waals surface area (Å²) in [4.78, 5) is 31.1. The summed E-state index contributed by atoms with van der Waals surface area (Å²) in [5.74, 6) is 5.62. The van der Waals surface area contributed by atoms with Gasteiger partial charge in [-0.25, -0.2) is 14.2 Å². The summed E-state index contributed by atoms with van der Waals surface area (Å²) >= 11 is 0. The third-order valence-electron chi connectivity index (χ3n) is 5.63. The highest BCUT2D eigenvalue weighted by atomic mass is 35.5. The second-order valence-electron chi connectivity index (χ2n) is 7.30. The Morgan fingerprint density at radius 1 is 1.33 bits per heavy atom. The number of aromatic nitrogens is 3. The van der Waals surface area contributed by atoms with Gasteiger partial charge in [-0.2, -0.15) is 4.68 Å². The molecule has 8 nitrogen and oxygen atoms in total. The average molecular weight is 399 g/mol. The van der Waals surface area contributed by atoms with Crippen molar-refractivity contribution in [2.45, 2.75) is 38.3 Å². The van der Waals surface area contributed by atoms with E-state index in [0.29, 0.717) is 29.7 Å². The van der Waals surface area contributed by atoms with Crippen molar-refractivity contribution in [2.24, 2.45) is 5.92 Å². The number of fused-ring (bicyclic) bond motifs is 1. The molecule has 4 rings (SSSR count). The molecule has 0 aromatic carbocycles. The van der Waals surface area contributed by atoms with Crippen molar-refractivity contribution in [3.8, 4) is 0 Å². The van der Waals surface area contributed by atoms with Gasteiger partial charge in [0, 0.05) is 25.2 Å². The Balaban J connectivity index is 0.00000210. The van der Waals surface area contributed by atoms with Crippen LogP contribution in [0.5, 0.6) is 0 Å². The van der Waals surface area contributed by atoms with Crippen molar-refractivity contribution in [2.75, 3.05) is 30.9 Å². The molecule has 2 fully saturated rings. The molecule has 148 valence electrons. The summed E-state index contributed by atoms with van der Waals surface area (Å²) in [6, 6.07) is 1.45. The quantitative estimate of drug-likeness (QED) is 0.732. The molecule has 3 N–H and O–H groups in total. The van der Waals surface area contributed by atoms with E-state index in [2.05, 4.69) is 17.2 Å². The van der Waals surface area contributed by atoms with Gasteiger partial charge in [0.15, 0.2) is 17.3 Å². The number of halogens is 2. The van der Waals surface area contributed by atoms with Crippen molar-refractivity contribution in [3.63, 3.8) is 0 Å². The standard InChI is InChI=1S/C17H23FN6O2.ClH/c1-9(20-2)10-5-6-22(8-10)15-13(18)7-12-14(21-15)23(11-3-4-11)17(26)24(19)16(12)25;/h7,9-11,20H,3-6,8,19H2,1-2H3;1H/t9-,10-;/m1./s1. The van der Waals surface area contributed by atoms with Crippen LogP contribution in [0.2, 0.25) is 0 Å². The van der Waals surface area contributed by atoms with Crippen molar-refractivity contribution in [1.82, 2.24) is 19.5 Å². The topological polar surface area (TPSA) is 98.2 Å². The Morgan fingerprint density at radius 2 is 2.04 bits per heavy atom. The van der Waals surface area contributed by atoms with Gasteiger partial charge < -0.3 is 16.1 Å². The second-order valence-corrected chi connectivity index (χ2v) is 7.30. The Hall–Kier alpha value is -2.13. The third kappa shape index (κ3) is 3.19. The fraction of sp³-hybridized carbons (Fsp3) is 0.588. The lowest BCUT2D eigenvalue weighted by molar-refractivity contribution is 0.428. The average Bonchev–Trinajstić information content (AvgIpc) is 3.35. The highest BCUT2D eigenvalue weighted by Crippen LogP contribution is 2.36. The van der Waals surface area contributed by atoms with Gasteiger partial charge in [0.25, 0.3) is 5.56 Å². The Bertz CT molecular complexity index is 986. The Morgan fingerprint density at radius 3 is 2.67 bits per heavy atom. The zero-order chi connectivity index (χ0) is 18.6. The maximum Gasteiger partial charge on any atom is 0.351 e. The van der Waals surface area contributed by atoms with Crippen LogP contribution in [-0.2, 0) is 0 Å². The minimum absolute atomic E-state index is 0. The van der Waals surface area contributed by atoms with Crippen LogP contribution in [0, 0.1) is 11.7 Å². The molecule has 1 saturated carbocycles. The number of hydrogen-bond acceptors (Lipinski definition) is 6. The number of anilines is 1. The summed E-state index contributed by atoms with van der Waals surface area (Å²) in [5.41, 5.74) is -1.09. The Kier molecular flexibility index (Phi) is 5.18. The maximum atomic E-state index is 14.7. The van der Waals surface area contributed by atoms with E-state index in [9.17, 15) is 14.0 Å². The number of nitrogens with one attached hydrogen (secondary N) is 1. The maximum absolute atomic E-state index is 14.7. The van der Waals surface area contributed by atoms with Crippen LogP contribution in [-0.4, -0.2) is 40.4 Å². The lowest BCUT2D eigenvalue weighted by atomic mass is 10.0. The molecule has 1 aliphatic carbocycles. The zero-order valence-electron chi connectivity index (χ0n) is 15.3. The van der Waals surface area contributed by atoms with Crippen LogP contribution >= 0.6 is 12.4 Å². The van der Waals surface area contributed by atoms with E-state index in [4.69, 9.17) is 5.84 Å². The summed E-state index contributed by atoms with van der Waals surface area (Å²) in [7, 11) is 1.91. The number of pyridine rings is 1. The summed E-state index contributed by atoms with van der Waals surface area (Å²) in [5, 5.41) is 3.27. The van der Waals surface area contributed by atoms with Gasteiger partial charge in [0.2, 0.25) is 0 Å². The van der Waals surface area contributed by atoms with E-state index in [0.717, 1.165) is 25.3 Å². The van der Waals surface area contributed by atoms with Gasteiger partial charge in [-0.05, 0) is 45.2 Å². The van der Waals surface area contributed by atoms with Gasteiger partial charge in [0.05, 0.1) is 5.39 Å². The fourth-order valence-corrected chi connectivity index (χ4v) is 3.74. The molecule has 2 atom stereocenters. The SMILES string of the molecule is CN[C@H](C)[C@@H]1CCN(c2nc3c(cc2F)c(=O)n(N)c(=O)n3C2CC2)C1.Cl. The summed E-state index contributed by atoms with van der Waals surface area (Å²) in [6.45, 7) is 3.47. The molecule has 2 aliphatic rings. The molecule has 0 radical (unpaired) electrons. The molecular formula is C17H24ClFN6O2. The van der Waals surface area contributed by atoms with Gasteiger partial charge in [-0.15, -0.1) is 12.4 Å². The third-order valence-corrected chi connectivity index (χ3v) is 5.63. The fourth-order valence-electron chi connectivity index (χ4n) is 3.74. The van der Waals surface area contributed by atoms with Gasteiger partial charge in [-0.3, -0.25) is 9.36 Å². The number of hydrogen-bond donors (Lipinski definition) is 2. The van der Waals surface area contributed by atoms with Crippen molar-refractivity contribution >= 4 is 29.3 Å². The van der Waals surface area contributed by atoms with E-state index in [1.54, 1.807) is 0 Å². The Labute approximate surface area is 161 Å². The van der Waals surface area contributed by atoms with Crippen LogP contribution in [0.4, 0.5) is 10.2 Å². The van der Waals surface area contributed by atoms with E-state index in [1.807, 2.05) is 11.9 Å². The first-order valence-electron chi connectivity index (χ1n) is 8.97. The predicted molar refractivity (Wildman–Crippen MR) is 105 cm³/mol. The molecular weight excluding hydrogens is 375 g/mol. The summed E-state index contributed by atoms with van der Waals surface area (Å²) < 4.78 is 16.7. The molecule has 0 spiro atoms. The lowest BCUT2D eigenvalue weighted by Crippen LogP contribution is -2.45. The minimum atomic E-state index is -0.719. The smallest absolute Gasteiger partial charge is 0.351 e. The first-order valence-corrected chi connectivity index (χ1v) is 8.97. The predicted octanol–water partition coefficient (Wildman–Crippen LogP) is 0.602. The number of nitrogens with two attached hydrogens (primary N) is 1. The van der Waals surface area contributed by atoms with Crippen LogP contribution in [0.15, 0.2) is 15.7 Å². The molecule has 0 unspecified atom stereocenters. The molecule has 0 bridgehead atoms. The van der Waals surface area contributed by atoms with E-state index in [-0.39, 0.29) is 35.3 Å². The monoisotopic (exact) mass is 398 g/mol. The van der Waals surface area contributed by atoms with Crippen molar-refractivity contribution < 1.29 is 4.39 Å². The summed E-state index contributed by atoms with van der Waals surface area (Å²) in [6.07, 6.45) is 2.58. The number of nitrogen functional groups attached to an aromatic ring is 1. The molecule has 3 heterocycles. The van der Waals surface area contributed by atoms with Crippen LogP contribution < -0.4 is 27.3 Å². The molecule has 10 heteroatoms. The van der Waals surface area contributed by atoms with E-state index in [1.165, 1.54) is 4.57 Å². The van der Waals surface area contributed by atoms with Gasteiger partial charge in [-0.1, -0.05) is 0 Å². The van der Waals surface area contributed by atoms with E-state index < -0.39 is 17.1 Å². The lowest BCUT2D eigenvalue weighted by Gasteiger charge is -2.22. The van der Waals surface area contributed by atoms with Crippen LogP contribution in [0.3, 0.4) is 0 Å². The normalized spacial score (nSPS) is 20.7. The largest absolute Gasteiger partial charge is 0.354 e. The highest BCUT2D eigenvalue weighted by molar-refractivity contribution is 5.85. The van der Waals surface area contributed by atoms with Gasteiger partial charge in [0.1, 0.15) is 0 Å². The van der Waals surface area contributed by atoms with Crippen LogP contribution in [0.25, 0.3) is 11.0 Å². The van der Waals surface area contributed by atoms with Crippen molar-refractivity contribution in [3.05, 3.63) is 32.7 Å². The zero-order valence-corrected chi connectivity index (χ0v) is 16.1. The number of nitrogens with zero attached hydrogens (tertiary/aromatic N) is 4. The van der Waals surface area contributed by atoms with Crippen molar-refractivity contribution in [1.29, 1.82) is 0 Å². The molecule has 27 heavy (non-hydrogen) atoms. The first-order chi connectivity index (χ1) is 12.4. The molecule has 0 amide bonds. The molecule has 1 saturated heterocycles. The second kappa shape index (κ2) is 7.12. The molecule has 2 aromatic heterocycles. The molecule has 2 aromatic rings. The molecule has 1 aliphatic heterocycles. The van der Waals surface area contributed by atoms with Gasteiger partial charge >= 0.3 is 5.69 Å². The first kappa shape index (κ1) is 19.6. The van der Waals surface area contributed by atoms with Crippen LogP contribution in [0.1, 0.15) is 32.2 Å².